The molecule has 1 aromatic carbocycles. The highest BCUT2D eigenvalue weighted by atomic mass is 16.5. The fraction of sp³-hybridized carbons (Fsp3) is 0.462. The van der Waals surface area contributed by atoms with E-state index in [0.717, 1.165) is 24.0 Å². The molecule has 15 heavy (non-hydrogen) atoms. The van der Waals surface area contributed by atoms with Gasteiger partial charge in [-0.25, -0.2) is 0 Å². The van der Waals surface area contributed by atoms with E-state index in [9.17, 15) is 4.79 Å². The van der Waals surface area contributed by atoms with Crippen LogP contribution in [0, 0.1) is 0 Å². The quantitative estimate of drug-likeness (QED) is 0.690. The van der Waals surface area contributed by atoms with E-state index >= 15 is 0 Å². The highest BCUT2D eigenvalue weighted by Gasteiger charge is 2.15. The number of carbonyl (C=O) groups excluding carboxylic acids is 1. The van der Waals surface area contributed by atoms with Crippen molar-refractivity contribution >= 4 is 5.78 Å². The SMILES string of the molecule is CCCC(OC)c1ccccc1C(C)=O. The van der Waals surface area contributed by atoms with Gasteiger partial charge in [-0.1, -0.05) is 37.6 Å². The predicted molar refractivity (Wildman–Crippen MR) is 61.1 cm³/mol. The summed E-state index contributed by atoms with van der Waals surface area (Å²) in [6.07, 6.45) is 2.03. The van der Waals surface area contributed by atoms with Gasteiger partial charge in [-0.2, -0.15) is 0 Å². The molecule has 0 saturated heterocycles. The van der Waals surface area contributed by atoms with Crippen LogP contribution in [0.5, 0.6) is 0 Å². The Morgan fingerprint density at radius 2 is 2.07 bits per heavy atom. The summed E-state index contributed by atoms with van der Waals surface area (Å²) in [4.78, 5) is 11.4. The van der Waals surface area contributed by atoms with Gasteiger partial charge in [0.1, 0.15) is 0 Å². The first-order valence-electron chi connectivity index (χ1n) is 5.33. The number of methoxy groups -OCH3 is 1. The van der Waals surface area contributed by atoms with Crippen molar-refractivity contribution in [3.05, 3.63) is 35.4 Å². The first-order chi connectivity index (χ1) is 7.20. The van der Waals surface area contributed by atoms with Crippen LogP contribution < -0.4 is 0 Å². The molecule has 0 spiro atoms. The molecule has 0 amide bonds. The van der Waals surface area contributed by atoms with Crippen LogP contribution in [-0.2, 0) is 4.74 Å². The van der Waals surface area contributed by atoms with Gasteiger partial charge in [0.25, 0.3) is 0 Å². The molecule has 0 fully saturated rings. The molecular weight excluding hydrogens is 188 g/mol. The van der Waals surface area contributed by atoms with Crippen molar-refractivity contribution in [1.29, 1.82) is 0 Å². The van der Waals surface area contributed by atoms with E-state index in [1.54, 1.807) is 14.0 Å². The average Bonchev–Trinajstić information content (AvgIpc) is 2.26. The predicted octanol–water partition coefficient (Wildman–Crippen LogP) is 3.38. The maximum Gasteiger partial charge on any atom is 0.160 e. The van der Waals surface area contributed by atoms with E-state index in [1.165, 1.54) is 0 Å². The Labute approximate surface area is 91.3 Å². The standard InChI is InChI=1S/C13H18O2/c1-4-7-13(15-3)12-9-6-5-8-11(12)10(2)14/h5-6,8-9,13H,4,7H2,1-3H3. The molecule has 1 rings (SSSR count). The second-order valence-electron chi connectivity index (χ2n) is 3.66. The Morgan fingerprint density at radius 1 is 1.40 bits per heavy atom. The number of ether oxygens (including phenoxy) is 1. The van der Waals surface area contributed by atoms with Gasteiger partial charge in [0.2, 0.25) is 0 Å². The monoisotopic (exact) mass is 206 g/mol. The van der Waals surface area contributed by atoms with Crippen LogP contribution in [0.15, 0.2) is 24.3 Å². The smallest absolute Gasteiger partial charge is 0.160 e. The van der Waals surface area contributed by atoms with Crippen LogP contribution in [0.25, 0.3) is 0 Å². The fourth-order valence-electron chi connectivity index (χ4n) is 1.76. The Kier molecular flexibility index (Phi) is 4.50. The van der Waals surface area contributed by atoms with Crippen LogP contribution in [0.2, 0.25) is 0 Å². The highest BCUT2D eigenvalue weighted by molar-refractivity contribution is 5.95. The average molecular weight is 206 g/mol. The Balaban J connectivity index is 3.04. The lowest BCUT2D eigenvalue weighted by atomic mass is 9.97. The lowest BCUT2D eigenvalue weighted by Gasteiger charge is -2.17. The van der Waals surface area contributed by atoms with E-state index in [-0.39, 0.29) is 11.9 Å². The molecule has 2 nitrogen and oxygen atoms in total. The molecule has 0 aromatic heterocycles. The molecule has 0 bridgehead atoms. The minimum atomic E-state index is 0.0371. The highest BCUT2D eigenvalue weighted by Crippen LogP contribution is 2.25. The third kappa shape index (κ3) is 2.90. The molecule has 0 aliphatic heterocycles. The summed E-state index contributed by atoms with van der Waals surface area (Å²) >= 11 is 0. The lowest BCUT2D eigenvalue weighted by molar-refractivity contribution is 0.0904. The van der Waals surface area contributed by atoms with Crippen molar-refractivity contribution in [2.24, 2.45) is 0 Å². The van der Waals surface area contributed by atoms with Crippen LogP contribution in [0.1, 0.15) is 48.7 Å². The van der Waals surface area contributed by atoms with Crippen molar-refractivity contribution in [3.63, 3.8) is 0 Å². The summed E-state index contributed by atoms with van der Waals surface area (Å²) in [6.45, 7) is 3.71. The molecule has 1 unspecified atom stereocenters. The first-order valence-corrected chi connectivity index (χ1v) is 5.33. The number of ketones is 1. The van der Waals surface area contributed by atoms with Crippen molar-refractivity contribution in [1.82, 2.24) is 0 Å². The zero-order valence-electron chi connectivity index (χ0n) is 9.62. The lowest BCUT2D eigenvalue weighted by Crippen LogP contribution is -2.07. The minimum absolute atomic E-state index is 0.0371. The number of rotatable bonds is 5. The molecule has 82 valence electrons. The zero-order valence-corrected chi connectivity index (χ0v) is 9.62. The third-order valence-corrected chi connectivity index (χ3v) is 2.52. The largest absolute Gasteiger partial charge is 0.377 e. The number of hydrogen-bond acceptors (Lipinski definition) is 2. The molecule has 0 radical (unpaired) electrons. The van der Waals surface area contributed by atoms with Crippen LogP contribution >= 0.6 is 0 Å². The van der Waals surface area contributed by atoms with Crippen LogP contribution in [0.4, 0.5) is 0 Å². The normalized spacial score (nSPS) is 12.5. The molecule has 1 atom stereocenters. The second-order valence-corrected chi connectivity index (χ2v) is 3.66. The second kappa shape index (κ2) is 5.66. The van der Waals surface area contributed by atoms with Gasteiger partial charge in [-0.05, 0) is 18.9 Å². The van der Waals surface area contributed by atoms with Gasteiger partial charge in [0, 0.05) is 12.7 Å². The number of Topliss-reactive ketones (excluding diaryl/α,β-unsaturated/α-hetero) is 1. The van der Waals surface area contributed by atoms with Crippen molar-refractivity contribution in [3.8, 4) is 0 Å². The van der Waals surface area contributed by atoms with Crippen molar-refractivity contribution in [2.45, 2.75) is 32.8 Å². The summed E-state index contributed by atoms with van der Waals surface area (Å²) in [5.74, 6) is 0.101. The zero-order chi connectivity index (χ0) is 11.3. The summed E-state index contributed by atoms with van der Waals surface area (Å²) in [5, 5.41) is 0. The molecule has 1 aromatic rings. The first kappa shape index (κ1) is 11.9. The van der Waals surface area contributed by atoms with Gasteiger partial charge >= 0.3 is 0 Å². The molecule has 0 aliphatic carbocycles. The summed E-state index contributed by atoms with van der Waals surface area (Å²) in [7, 11) is 1.69. The van der Waals surface area contributed by atoms with Gasteiger partial charge in [-0.3, -0.25) is 4.79 Å². The summed E-state index contributed by atoms with van der Waals surface area (Å²) < 4.78 is 5.42. The van der Waals surface area contributed by atoms with E-state index < -0.39 is 0 Å². The number of benzene rings is 1. The van der Waals surface area contributed by atoms with Crippen LogP contribution in [-0.4, -0.2) is 12.9 Å². The topological polar surface area (TPSA) is 26.3 Å². The maximum atomic E-state index is 11.4. The Hall–Kier alpha value is -1.15. The van der Waals surface area contributed by atoms with Gasteiger partial charge < -0.3 is 4.74 Å². The Morgan fingerprint density at radius 3 is 2.60 bits per heavy atom. The minimum Gasteiger partial charge on any atom is -0.377 e. The van der Waals surface area contributed by atoms with Gasteiger partial charge in [0.05, 0.1) is 6.10 Å². The fourth-order valence-corrected chi connectivity index (χ4v) is 1.76. The molecule has 0 aliphatic rings. The van der Waals surface area contributed by atoms with Gasteiger partial charge in [-0.15, -0.1) is 0 Å². The summed E-state index contributed by atoms with van der Waals surface area (Å²) in [6, 6.07) is 7.67. The van der Waals surface area contributed by atoms with E-state index in [0.29, 0.717) is 0 Å². The summed E-state index contributed by atoms with van der Waals surface area (Å²) in [5.41, 5.74) is 1.78. The number of carbonyl (C=O) groups is 1. The molecule has 0 heterocycles. The number of hydrogen-bond donors (Lipinski definition) is 0. The van der Waals surface area contributed by atoms with E-state index in [2.05, 4.69) is 6.92 Å². The van der Waals surface area contributed by atoms with E-state index in [4.69, 9.17) is 4.74 Å². The van der Waals surface area contributed by atoms with Crippen molar-refractivity contribution in [2.75, 3.05) is 7.11 Å². The van der Waals surface area contributed by atoms with Crippen molar-refractivity contribution < 1.29 is 9.53 Å². The Bertz CT molecular complexity index is 331. The molecular formula is C13H18O2. The van der Waals surface area contributed by atoms with Crippen LogP contribution in [0.3, 0.4) is 0 Å². The molecule has 0 saturated carbocycles. The third-order valence-electron chi connectivity index (χ3n) is 2.52. The molecule has 2 heteroatoms. The molecule has 0 N–H and O–H groups in total. The van der Waals surface area contributed by atoms with E-state index in [1.807, 2.05) is 24.3 Å². The van der Waals surface area contributed by atoms with Gasteiger partial charge in [0.15, 0.2) is 5.78 Å². The maximum absolute atomic E-state index is 11.4.